The highest BCUT2D eigenvalue weighted by Crippen LogP contribution is 2.28. The van der Waals surface area contributed by atoms with Gasteiger partial charge in [0.2, 0.25) is 0 Å². The lowest BCUT2D eigenvalue weighted by atomic mass is 10.0. The van der Waals surface area contributed by atoms with Crippen molar-refractivity contribution >= 4 is 33.5 Å². The second-order valence-corrected chi connectivity index (χ2v) is 5.55. The van der Waals surface area contributed by atoms with E-state index in [4.69, 9.17) is 9.84 Å². The van der Waals surface area contributed by atoms with Crippen LogP contribution in [0, 0.1) is 0 Å². The predicted molar refractivity (Wildman–Crippen MR) is 73.3 cm³/mol. The van der Waals surface area contributed by atoms with Gasteiger partial charge < -0.3 is 15.2 Å². The van der Waals surface area contributed by atoms with Crippen molar-refractivity contribution in [3.8, 4) is 0 Å². The van der Waals surface area contributed by atoms with Crippen molar-refractivity contribution in [2.45, 2.75) is 25.4 Å². The fraction of sp³-hybridized carbons (Fsp3) is 0.385. The van der Waals surface area contributed by atoms with E-state index in [0.717, 1.165) is 6.42 Å². The zero-order valence-corrected chi connectivity index (χ0v) is 12.0. The Kier molecular flexibility index (Phi) is 3.91. The average molecular weight is 328 g/mol. The van der Waals surface area contributed by atoms with Gasteiger partial charge in [0.25, 0.3) is 5.91 Å². The quantitative estimate of drug-likeness (QED) is 0.894. The molecular formula is C13H14BrNO4. The number of hydrogen-bond donors (Lipinski definition) is 2. The second-order valence-electron chi connectivity index (χ2n) is 4.63. The first-order valence-electron chi connectivity index (χ1n) is 5.91. The maximum Gasteiger partial charge on any atom is 0.337 e. The first-order chi connectivity index (χ1) is 8.92. The van der Waals surface area contributed by atoms with Gasteiger partial charge in [-0.25, -0.2) is 4.79 Å². The number of carbonyl (C=O) groups excluding carboxylic acids is 1. The Morgan fingerprint density at radius 1 is 1.47 bits per heavy atom. The number of anilines is 1. The number of carbonyl (C=O) groups is 2. The summed E-state index contributed by atoms with van der Waals surface area (Å²) in [5, 5.41) is 11.7. The monoisotopic (exact) mass is 327 g/mol. The van der Waals surface area contributed by atoms with E-state index in [1.54, 1.807) is 19.1 Å². The Morgan fingerprint density at radius 2 is 2.21 bits per heavy atom. The Hall–Kier alpha value is -1.40. The largest absolute Gasteiger partial charge is 0.478 e. The molecule has 2 N–H and O–H groups in total. The lowest BCUT2D eigenvalue weighted by Crippen LogP contribution is -2.39. The molecule has 1 fully saturated rings. The maximum absolute atomic E-state index is 12.2. The molecule has 1 unspecified atom stereocenters. The molecule has 1 saturated heterocycles. The van der Waals surface area contributed by atoms with Crippen molar-refractivity contribution < 1.29 is 19.4 Å². The van der Waals surface area contributed by atoms with Crippen molar-refractivity contribution in [1.29, 1.82) is 0 Å². The van der Waals surface area contributed by atoms with Gasteiger partial charge in [0.1, 0.15) is 5.60 Å². The van der Waals surface area contributed by atoms with Gasteiger partial charge in [0, 0.05) is 11.1 Å². The summed E-state index contributed by atoms with van der Waals surface area (Å²) in [6.07, 6.45) is 1.46. The molecule has 1 amide bonds. The molecular weight excluding hydrogens is 314 g/mol. The summed E-state index contributed by atoms with van der Waals surface area (Å²) in [6.45, 7) is 2.27. The number of benzene rings is 1. The maximum atomic E-state index is 12.2. The molecule has 5 nitrogen and oxygen atoms in total. The minimum absolute atomic E-state index is 0.0538. The highest BCUT2D eigenvalue weighted by Gasteiger charge is 2.38. The molecule has 2 rings (SSSR count). The number of rotatable bonds is 3. The zero-order chi connectivity index (χ0) is 14.0. The Bertz CT molecular complexity index is 523. The summed E-state index contributed by atoms with van der Waals surface area (Å²) in [7, 11) is 0. The SMILES string of the molecule is CC1(C(=O)Nc2cc(Br)ccc2C(=O)O)CCCO1. The second kappa shape index (κ2) is 5.30. The molecule has 0 saturated carbocycles. The minimum atomic E-state index is -1.08. The van der Waals surface area contributed by atoms with E-state index in [9.17, 15) is 9.59 Å². The van der Waals surface area contributed by atoms with Gasteiger partial charge in [-0.1, -0.05) is 15.9 Å². The third-order valence-corrected chi connectivity index (χ3v) is 3.65. The van der Waals surface area contributed by atoms with Crippen LogP contribution in [0.15, 0.2) is 22.7 Å². The van der Waals surface area contributed by atoms with Crippen LogP contribution in [-0.4, -0.2) is 29.2 Å². The summed E-state index contributed by atoms with van der Waals surface area (Å²) in [5.74, 6) is -1.40. The van der Waals surface area contributed by atoms with E-state index in [-0.39, 0.29) is 17.2 Å². The predicted octanol–water partition coefficient (Wildman–Crippen LogP) is 2.65. The standard InChI is InChI=1S/C13H14BrNO4/c1-13(5-2-6-19-13)12(18)15-10-7-8(14)3-4-9(10)11(16)17/h3-4,7H,2,5-6H2,1H3,(H,15,18)(H,16,17). The van der Waals surface area contributed by atoms with E-state index in [0.29, 0.717) is 17.5 Å². The highest BCUT2D eigenvalue weighted by atomic mass is 79.9. The Morgan fingerprint density at radius 3 is 2.79 bits per heavy atom. The van der Waals surface area contributed by atoms with Gasteiger partial charge in [0.15, 0.2) is 0 Å². The molecule has 1 atom stereocenters. The molecule has 1 heterocycles. The number of halogens is 1. The normalized spacial score (nSPS) is 22.2. The Labute approximate surface area is 119 Å². The van der Waals surface area contributed by atoms with Gasteiger partial charge in [0.05, 0.1) is 11.3 Å². The van der Waals surface area contributed by atoms with E-state index >= 15 is 0 Å². The zero-order valence-electron chi connectivity index (χ0n) is 10.4. The lowest BCUT2D eigenvalue weighted by molar-refractivity contribution is -0.133. The topological polar surface area (TPSA) is 75.6 Å². The molecule has 0 radical (unpaired) electrons. The number of hydrogen-bond acceptors (Lipinski definition) is 3. The van der Waals surface area contributed by atoms with Crippen LogP contribution in [0.1, 0.15) is 30.1 Å². The fourth-order valence-electron chi connectivity index (χ4n) is 2.02. The summed E-state index contributed by atoms with van der Waals surface area (Å²) in [5.41, 5.74) is -0.556. The van der Waals surface area contributed by atoms with Crippen LogP contribution in [0.2, 0.25) is 0 Å². The van der Waals surface area contributed by atoms with E-state index < -0.39 is 11.6 Å². The molecule has 0 bridgehead atoms. The van der Waals surface area contributed by atoms with Gasteiger partial charge in [-0.15, -0.1) is 0 Å². The number of amides is 1. The molecule has 1 aromatic rings. The van der Waals surface area contributed by atoms with Crippen LogP contribution < -0.4 is 5.32 Å². The van der Waals surface area contributed by atoms with Crippen molar-refractivity contribution in [2.24, 2.45) is 0 Å². The van der Waals surface area contributed by atoms with Crippen molar-refractivity contribution in [3.63, 3.8) is 0 Å². The first kappa shape index (κ1) is 14.0. The lowest BCUT2D eigenvalue weighted by Gasteiger charge is -2.22. The molecule has 1 aliphatic heterocycles. The molecule has 0 spiro atoms. The number of aromatic carboxylic acids is 1. The number of carboxylic acids is 1. The van der Waals surface area contributed by atoms with Crippen LogP contribution in [0.3, 0.4) is 0 Å². The summed E-state index contributed by atoms with van der Waals surface area (Å²) < 4.78 is 6.13. The molecule has 1 aliphatic rings. The van der Waals surface area contributed by atoms with Gasteiger partial charge >= 0.3 is 5.97 Å². The minimum Gasteiger partial charge on any atom is -0.478 e. The van der Waals surface area contributed by atoms with Gasteiger partial charge in [-0.3, -0.25) is 4.79 Å². The van der Waals surface area contributed by atoms with Crippen molar-refractivity contribution in [1.82, 2.24) is 0 Å². The molecule has 102 valence electrons. The average Bonchev–Trinajstić information content (AvgIpc) is 2.77. The Balaban J connectivity index is 2.25. The van der Waals surface area contributed by atoms with Gasteiger partial charge in [-0.2, -0.15) is 0 Å². The molecule has 1 aromatic carbocycles. The van der Waals surface area contributed by atoms with E-state index in [1.165, 1.54) is 6.07 Å². The molecule has 0 aromatic heterocycles. The third-order valence-electron chi connectivity index (χ3n) is 3.16. The third kappa shape index (κ3) is 2.96. The van der Waals surface area contributed by atoms with Crippen LogP contribution >= 0.6 is 15.9 Å². The number of ether oxygens (including phenoxy) is 1. The molecule has 0 aliphatic carbocycles. The highest BCUT2D eigenvalue weighted by molar-refractivity contribution is 9.10. The van der Waals surface area contributed by atoms with Crippen molar-refractivity contribution in [3.05, 3.63) is 28.2 Å². The summed E-state index contributed by atoms with van der Waals surface area (Å²) in [6, 6.07) is 4.63. The van der Waals surface area contributed by atoms with Crippen LogP contribution in [0.5, 0.6) is 0 Å². The molecule has 6 heteroatoms. The number of nitrogens with one attached hydrogen (secondary N) is 1. The summed E-state index contributed by atoms with van der Waals surface area (Å²) in [4.78, 5) is 23.3. The van der Waals surface area contributed by atoms with Crippen LogP contribution in [0.4, 0.5) is 5.69 Å². The first-order valence-corrected chi connectivity index (χ1v) is 6.70. The number of carboxylic acid groups (broad SMARTS) is 1. The van der Waals surface area contributed by atoms with Crippen molar-refractivity contribution in [2.75, 3.05) is 11.9 Å². The van der Waals surface area contributed by atoms with E-state index in [2.05, 4.69) is 21.2 Å². The van der Waals surface area contributed by atoms with Crippen LogP contribution in [-0.2, 0) is 9.53 Å². The molecule has 19 heavy (non-hydrogen) atoms. The summed E-state index contributed by atoms with van der Waals surface area (Å²) >= 11 is 3.26. The smallest absolute Gasteiger partial charge is 0.337 e. The van der Waals surface area contributed by atoms with E-state index in [1.807, 2.05) is 0 Å². The fourth-order valence-corrected chi connectivity index (χ4v) is 2.38. The van der Waals surface area contributed by atoms with Crippen LogP contribution in [0.25, 0.3) is 0 Å². The van der Waals surface area contributed by atoms with Gasteiger partial charge in [-0.05, 0) is 38.0 Å².